The van der Waals surface area contributed by atoms with Crippen molar-refractivity contribution in [3.63, 3.8) is 0 Å². The fourth-order valence-electron chi connectivity index (χ4n) is 1.22. The maximum Gasteiger partial charge on any atom is 0.328 e. The lowest BCUT2D eigenvalue weighted by Crippen LogP contribution is -2.36. The third-order valence-electron chi connectivity index (χ3n) is 1.99. The van der Waals surface area contributed by atoms with Crippen LogP contribution in [0.2, 0.25) is 0 Å². The molecule has 1 aliphatic rings. The predicted octanol–water partition coefficient (Wildman–Crippen LogP) is -0.272. The van der Waals surface area contributed by atoms with Gasteiger partial charge in [0, 0.05) is 13.5 Å². The molecule has 0 N–H and O–H groups in total. The first-order chi connectivity index (χ1) is 5.57. The van der Waals surface area contributed by atoms with Crippen LogP contribution in [0.4, 0.5) is 4.39 Å². The Hall–Kier alpha value is -1.13. The minimum atomic E-state index is -1.56. The van der Waals surface area contributed by atoms with Crippen LogP contribution < -0.4 is 0 Å². The Kier molecular flexibility index (Phi) is 2.30. The number of rotatable bonds is 1. The predicted molar refractivity (Wildman–Crippen MR) is 38.1 cm³/mol. The van der Waals surface area contributed by atoms with Crippen molar-refractivity contribution in [3.05, 3.63) is 0 Å². The fourth-order valence-corrected chi connectivity index (χ4v) is 1.22. The van der Waals surface area contributed by atoms with E-state index >= 15 is 0 Å². The number of halogens is 1. The lowest BCUT2D eigenvalue weighted by atomic mass is 10.2. The van der Waals surface area contributed by atoms with Crippen LogP contribution in [-0.2, 0) is 14.3 Å². The number of hydrogen-bond donors (Lipinski definition) is 0. The number of carbonyl (C=O) groups is 2. The normalized spacial score (nSPS) is 29.2. The van der Waals surface area contributed by atoms with Crippen molar-refractivity contribution in [1.29, 1.82) is 0 Å². The molecule has 0 aliphatic carbocycles. The second-order valence-corrected chi connectivity index (χ2v) is 2.69. The first-order valence-corrected chi connectivity index (χ1v) is 3.56. The van der Waals surface area contributed by atoms with Gasteiger partial charge in [0.05, 0.1) is 7.11 Å². The number of carbonyl (C=O) groups excluding carboxylic acids is 2. The number of ether oxygens (including phenoxy) is 1. The van der Waals surface area contributed by atoms with Crippen molar-refractivity contribution < 1.29 is 18.7 Å². The summed E-state index contributed by atoms with van der Waals surface area (Å²) in [5, 5.41) is 0. The van der Waals surface area contributed by atoms with Crippen molar-refractivity contribution >= 4 is 11.9 Å². The molecule has 68 valence electrons. The average molecular weight is 175 g/mol. The summed E-state index contributed by atoms with van der Waals surface area (Å²) in [5.74, 6) is -1.21. The molecule has 0 saturated carbocycles. The van der Waals surface area contributed by atoms with Gasteiger partial charge < -0.3 is 9.64 Å². The molecule has 1 fully saturated rings. The highest BCUT2D eigenvalue weighted by atomic mass is 19.1. The van der Waals surface area contributed by atoms with Crippen LogP contribution in [0.3, 0.4) is 0 Å². The number of methoxy groups -OCH3 is 1. The molecule has 1 heterocycles. The molecule has 5 heteroatoms. The number of nitrogens with zero attached hydrogens (tertiary/aromatic N) is 1. The highest BCUT2D eigenvalue weighted by molar-refractivity contribution is 5.90. The standard InChI is InChI=1S/C7H10FNO3/c1-9-5(7(11)12-2)3-4(8)6(9)10/h4-5H,3H2,1-2H3/t4-,5+/m1/s1. The van der Waals surface area contributed by atoms with Gasteiger partial charge in [0.25, 0.3) is 5.91 Å². The zero-order chi connectivity index (χ0) is 9.30. The molecule has 0 radical (unpaired) electrons. The Morgan fingerprint density at radius 3 is 2.67 bits per heavy atom. The number of amides is 1. The number of hydrogen-bond acceptors (Lipinski definition) is 3. The highest BCUT2D eigenvalue weighted by Gasteiger charge is 2.41. The zero-order valence-electron chi connectivity index (χ0n) is 6.91. The van der Waals surface area contributed by atoms with Crippen LogP contribution >= 0.6 is 0 Å². The van der Waals surface area contributed by atoms with Gasteiger partial charge in [-0.3, -0.25) is 4.79 Å². The molecule has 1 saturated heterocycles. The minimum absolute atomic E-state index is 0.0952. The summed E-state index contributed by atoms with van der Waals surface area (Å²) in [7, 11) is 2.61. The molecule has 1 amide bonds. The quantitative estimate of drug-likeness (QED) is 0.515. The summed E-state index contributed by atoms with van der Waals surface area (Å²) in [6, 6.07) is -0.752. The lowest BCUT2D eigenvalue weighted by molar-refractivity contribution is -0.148. The van der Waals surface area contributed by atoms with Gasteiger partial charge in [-0.05, 0) is 0 Å². The molecular formula is C7H10FNO3. The van der Waals surface area contributed by atoms with E-state index in [9.17, 15) is 14.0 Å². The van der Waals surface area contributed by atoms with E-state index in [0.717, 1.165) is 4.90 Å². The maximum absolute atomic E-state index is 12.7. The summed E-state index contributed by atoms with van der Waals surface area (Å²) in [4.78, 5) is 22.9. The van der Waals surface area contributed by atoms with E-state index in [2.05, 4.69) is 4.74 Å². The topological polar surface area (TPSA) is 46.6 Å². The largest absolute Gasteiger partial charge is 0.467 e. The molecule has 0 aromatic heterocycles. The van der Waals surface area contributed by atoms with E-state index in [1.165, 1.54) is 14.2 Å². The molecule has 1 rings (SSSR count). The molecular weight excluding hydrogens is 165 g/mol. The molecule has 0 aromatic carbocycles. The average Bonchev–Trinajstić information content (AvgIpc) is 2.32. The molecule has 0 spiro atoms. The van der Waals surface area contributed by atoms with E-state index < -0.39 is 24.1 Å². The van der Waals surface area contributed by atoms with E-state index in [4.69, 9.17) is 0 Å². The van der Waals surface area contributed by atoms with E-state index in [1.54, 1.807) is 0 Å². The Labute approximate surface area is 69.3 Å². The van der Waals surface area contributed by atoms with Gasteiger partial charge >= 0.3 is 5.97 Å². The van der Waals surface area contributed by atoms with Gasteiger partial charge in [-0.1, -0.05) is 0 Å². The highest BCUT2D eigenvalue weighted by Crippen LogP contribution is 2.20. The number of alkyl halides is 1. The van der Waals surface area contributed by atoms with Crippen LogP contribution in [-0.4, -0.2) is 43.1 Å². The third-order valence-corrected chi connectivity index (χ3v) is 1.99. The van der Waals surface area contributed by atoms with Crippen LogP contribution in [0.1, 0.15) is 6.42 Å². The fraction of sp³-hybridized carbons (Fsp3) is 0.714. The Morgan fingerprint density at radius 2 is 2.33 bits per heavy atom. The van der Waals surface area contributed by atoms with Crippen LogP contribution in [0.5, 0.6) is 0 Å². The first-order valence-electron chi connectivity index (χ1n) is 3.56. The van der Waals surface area contributed by atoms with Gasteiger partial charge in [0.1, 0.15) is 6.04 Å². The monoisotopic (exact) mass is 175 g/mol. The van der Waals surface area contributed by atoms with Crippen molar-refractivity contribution in [3.8, 4) is 0 Å². The summed E-state index contributed by atoms with van der Waals surface area (Å²) >= 11 is 0. The lowest BCUT2D eigenvalue weighted by Gasteiger charge is -2.15. The second-order valence-electron chi connectivity index (χ2n) is 2.69. The van der Waals surface area contributed by atoms with E-state index in [-0.39, 0.29) is 6.42 Å². The van der Waals surface area contributed by atoms with Crippen molar-refractivity contribution in [1.82, 2.24) is 4.90 Å². The summed E-state index contributed by atoms with van der Waals surface area (Å²) in [5.41, 5.74) is 0. The van der Waals surface area contributed by atoms with Crippen molar-refractivity contribution in [2.24, 2.45) is 0 Å². The van der Waals surface area contributed by atoms with Gasteiger partial charge in [-0.2, -0.15) is 0 Å². The number of likely N-dealkylation sites (tertiary alicyclic amines) is 1. The molecule has 2 atom stereocenters. The van der Waals surface area contributed by atoms with E-state index in [1.807, 2.05) is 0 Å². The van der Waals surface area contributed by atoms with Gasteiger partial charge in [-0.25, -0.2) is 9.18 Å². The van der Waals surface area contributed by atoms with Gasteiger partial charge in [0.2, 0.25) is 0 Å². The zero-order valence-corrected chi connectivity index (χ0v) is 6.91. The molecule has 0 aromatic rings. The SMILES string of the molecule is COC(=O)[C@@H]1C[C@@H](F)C(=O)N1C. The van der Waals surface area contributed by atoms with Crippen LogP contribution in [0, 0.1) is 0 Å². The molecule has 1 aliphatic heterocycles. The number of likely N-dealkylation sites (N-methyl/N-ethyl adjacent to an activating group) is 1. The summed E-state index contributed by atoms with van der Waals surface area (Å²) < 4.78 is 17.1. The smallest absolute Gasteiger partial charge is 0.328 e. The molecule has 0 unspecified atom stereocenters. The summed E-state index contributed by atoms with van der Waals surface area (Å²) in [6.07, 6.45) is -1.65. The molecule has 0 bridgehead atoms. The van der Waals surface area contributed by atoms with Crippen LogP contribution in [0.15, 0.2) is 0 Å². The van der Waals surface area contributed by atoms with Crippen molar-refractivity contribution in [2.75, 3.05) is 14.2 Å². The third kappa shape index (κ3) is 1.26. The Morgan fingerprint density at radius 1 is 1.75 bits per heavy atom. The molecule has 4 nitrogen and oxygen atoms in total. The minimum Gasteiger partial charge on any atom is -0.467 e. The van der Waals surface area contributed by atoms with E-state index in [0.29, 0.717) is 0 Å². The Bertz CT molecular complexity index is 219. The maximum atomic E-state index is 12.7. The van der Waals surface area contributed by atoms with Gasteiger partial charge in [-0.15, -0.1) is 0 Å². The van der Waals surface area contributed by atoms with Crippen LogP contribution in [0.25, 0.3) is 0 Å². The summed E-state index contributed by atoms with van der Waals surface area (Å²) in [6.45, 7) is 0. The first kappa shape index (κ1) is 8.96. The second kappa shape index (κ2) is 3.08. The molecule has 12 heavy (non-hydrogen) atoms. The Balaban J connectivity index is 2.71. The van der Waals surface area contributed by atoms with Crippen molar-refractivity contribution in [2.45, 2.75) is 18.6 Å². The van der Waals surface area contributed by atoms with Gasteiger partial charge in [0.15, 0.2) is 6.17 Å². The number of esters is 1.